The van der Waals surface area contributed by atoms with Crippen molar-refractivity contribution in [3.8, 4) is 11.1 Å². The second kappa shape index (κ2) is 11.7. The van der Waals surface area contributed by atoms with Crippen LogP contribution in [-0.2, 0) is 31.5 Å². The maximum atomic E-state index is 14.5. The summed E-state index contributed by atoms with van der Waals surface area (Å²) >= 11 is 0. The lowest BCUT2D eigenvalue weighted by atomic mass is 9.88. The summed E-state index contributed by atoms with van der Waals surface area (Å²) in [5, 5.41) is 0. The molecule has 11 heteroatoms. The second-order valence-corrected chi connectivity index (χ2v) is 13.0. The number of halogens is 7. The predicted octanol–water partition coefficient (Wildman–Crippen LogP) is 9.27. The molecule has 0 heterocycles. The van der Waals surface area contributed by atoms with Crippen molar-refractivity contribution in [2.45, 2.75) is 59.9 Å². The van der Waals surface area contributed by atoms with E-state index in [2.05, 4.69) is 0 Å². The van der Waals surface area contributed by atoms with E-state index in [9.17, 15) is 39.2 Å². The summed E-state index contributed by atoms with van der Waals surface area (Å²) in [4.78, 5) is -0.188. The molecule has 5 rings (SSSR count). The molecular formula is C33H27F7O3S. The zero-order valence-corrected chi connectivity index (χ0v) is 23.9. The lowest BCUT2D eigenvalue weighted by Gasteiger charge is -2.38. The number of alkyl halides is 6. The van der Waals surface area contributed by atoms with Crippen LogP contribution in [0.15, 0.2) is 108 Å². The molecule has 0 radical (unpaired) electrons. The fourth-order valence-electron chi connectivity index (χ4n) is 5.86. The van der Waals surface area contributed by atoms with Gasteiger partial charge in [0.15, 0.2) is 9.84 Å². The molecule has 0 spiro atoms. The Morgan fingerprint density at radius 1 is 0.659 bits per heavy atom. The van der Waals surface area contributed by atoms with Crippen LogP contribution in [0, 0.1) is 5.82 Å². The maximum Gasteiger partial charge on any atom is 0.430 e. The van der Waals surface area contributed by atoms with E-state index in [0.717, 1.165) is 47.5 Å². The highest BCUT2D eigenvalue weighted by molar-refractivity contribution is 7.92. The molecule has 0 unspecified atom stereocenters. The molecule has 0 amide bonds. The molecule has 0 bridgehead atoms. The highest BCUT2D eigenvalue weighted by Crippen LogP contribution is 2.54. The van der Waals surface area contributed by atoms with Crippen molar-refractivity contribution in [1.82, 2.24) is 0 Å². The average Bonchev–Trinajstić information content (AvgIpc) is 3.50. The normalized spacial score (nSPS) is 15.8. The zero-order valence-electron chi connectivity index (χ0n) is 23.1. The van der Waals surface area contributed by atoms with Crippen LogP contribution in [0.5, 0.6) is 0 Å². The Bertz CT molecular complexity index is 1660. The van der Waals surface area contributed by atoms with E-state index in [4.69, 9.17) is 4.74 Å². The first-order valence-electron chi connectivity index (χ1n) is 13.7. The summed E-state index contributed by atoms with van der Waals surface area (Å²) < 4.78 is 131. The van der Waals surface area contributed by atoms with Gasteiger partial charge in [-0.3, -0.25) is 0 Å². The van der Waals surface area contributed by atoms with Gasteiger partial charge in [-0.05, 0) is 59.4 Å². The SMILES string of the molecule is O=S(=O)(c1ccc(F)cc1)C1(c2ccc(C(OCc3ccc(-c4ccccc4)cc3)(C(F)(F)F)C(F)(F)F)cc2)CCCC1. The van der Waals surface area contributed by atoms with Gasteiger partial charge in [-0.25, -0.2) is 12.8 Å². The first-order chi connectivity index (χ1) is 20.7. The molecule has 4 aromatic rings. The Morgan fingerprint density at radius 3 is 1.70 bits per heavy atom. The van der Waals surface area contributed by atoms with Crippen LogP contribution in [-0.4, -0.2) is 20.8 Å². The summed E-state index contributed by atoms with van der Waals surface area (Å²) in [5.74, 6) is -0.656. The average molecular weight is 637 g/mol. The molecule has 1 saturated carbocycles. The molecule has 0 saturated heterocycles. The van der Waals surface area contributed by atoms with E-state index in [1.165, 1.54) is 12.1 Å². The number of ether oxygens (including phenoxy) is 1. The van der Waals surface area contributed by atoms with Crippen LogP contribution in [0.25, 0.3) is 11.1 Å². The number of hydrogen-bond donors (Lipinski definition) is 0. The van der Waals surface area contributed by atoms with Crippen molar-refractivity contribution < 1.29 is 43.9 Å². The van der Waals surface area contributed by atoms with E-state index in [1.54, 1.807) is 24.3 Å². The van der Waals surface area contributed by atoms with E-state index in [-0.39, 0.29) is 28.9 Å². The molecule has 0 N–H and O–H groups in total. The first-order valence-corrected chi connectivity index (χ1v) is 15.2. The molecular weight excluding hydrogens is 609 g/mol. The number of hydrogen-bond acceptors (Lipinski definition) is 3. The van der Waals surface area contributed by atoms with Gasteiger partial charge in [0.05, 0.1) is 11.5 Å². The summed E-state index contributed by atoms with van der Waals surface area (Å²) in [6.07, 6.45) is -10.7. The Labute approximate surface area is 250 Å². The van der Waals surface area contributed by atoms with Crippen LogP contribution in [0.3, 0.4) is 0 Å². The Morgan fingerprint density at radius 2 is 1.18 bits per heavy atom. The van der Waals surface area contributed by atoms with Gasteiger partial charge in [0.1, 0.15) is 10.6 Å². The summed E-state index contributed by atoms with van der Waals surface area (Å²) in [6.45, 7) is -1.00. The zero-order chi connectivity index (χ0) is 31.8. The minimum atomic E-state index is -5.91. The van der Waals surface area contributed by atoms with Gasteiger partial charge in [0.25, 0.3) is 5.60 Å². The van der Waals surface area contributed by atoms with Crippen molar-refractivity contribution in [3.63, 3.8) is 0 Å². The monoisotopic (exact) mass is 636 g/mol. The van der Waals surface area contributed by atoms with Gasteiger partial charge in [-0.15, -0.1) is 0 Å². The van der Waals surface area contributed by atoms with Gasteiger partial charge in [-0.2, -0.15) is 26.3 Å². The lowest BCUT2D eigenvalue weighted by Crippen LogP contribution is -2.55. The van der Waals surface area contributed by atoms with Crippen LogP contribution in [0.1, 0.15) is 42.4 Å². The highest BCUT2D eigenvalue weighted by atomic mass is 32.2. The van der Waals surface area contributed by atoms with Crippen LogP contribution >= 0.6 is 0 Å². The third-order valence-electron chi connectivity index (χ3n) is 8.18. The van der Waals surface area contributed by atoms with Gasteiger partial charge >= 0.3 is 12.4 Å². The molecule has 1 aliphatic rings. The summed E-state index contributed by atoms with van der Waals surface area (Å²) in [6, 6.07) is 22.4. The standard InChI is InChI=1S/C33H27F7O3S/c34-28-16-18-29(19-17-28)44(41,42)30(20-4-5-21-30)26-12-14-27(15-13-26)31(32(35,36)37,33(38,39)40)43-22-23-8-10-25(11-9-23)24-6-2-1-3-7-24/h1-3,6-19H,4-5,20-22H2. The van der Waals surface area contributed by atoms with Crippen LogP contribution in [0.2, 0.25) is 0 Å². The lowest BCUT2D eigenvalue weighted by molar-refractivity contribution is -0.392. The van der Waals surface area contributed by atoms with Gasteiger partial charge < -0.3 is 4.74 Å². The Hall–Kier alpha value is -3.70. The van der Waals surface area contributed by atoms with Gasteiger partial charge in [0.2, 0.25) is 0 Å². The number of sulfone groups is 1. The van der Waals surface area contributed by atoms with Gasteiger partial charge in [0, 0.05) is 5.56 Å². The quantitative estimate of drug-likeness (QED) is 0.143. The maximum absolute atomic E-state index is 14.5. The molecule has 0 aliphatic heterocycles. The minimum Gasteiger partial charge on any atom is -0.349 e. The molecule has 1 aliphatic carbocycles. The first kappa shape index (κ1) is 31.7. The van der Waals surface area contributed by atoms with Crippen LogP contribution in [0.4, 0.5) is 30.7 Å². The van der Waals surface area contributed by atoms with Crippen molar-refractivity contribution in [3.05, 3.63) is 126 Å². The second-order valence-electron chi connectivity index (χ2n) is 10.8. The molecule has 3 nitrogen and oxygen atoms in total. The van der Waals surface area contributed by atoms with E-state index in [0.29, 0.717) is 25.0 Å². The Kier molecular flexibility index (Phi) is 8.41. The third kappa shape index (κ3) is 5.51. The van der Waals surface area contributed by atoms with E-state index in [1.807, 2.05) is 18.2 Å². The fourth-order valence-corrected chi connectivity index (χ4v) is 8.08. The van der Waals surface area contributed by atoms with Crippen LogP contribution < -0.4 is 0 Å². The van der Waals surface area contributed by atoms with Crippen molar-refractivity contribution >= 4 is 9.84 Å². The molecule has 1 fully saturated rings. The molecule has 44 heavy (non-hydrogen) atoms. The highest BCUT2D eigenvalue weighted by Gasteiger charge is 2.73. The third-order valence-corrected chi connectivity index (χ3v) is 10.7. The molecule has 0 aromatic heterocycles. The Balaban J connectivity index is 1.51. The van der Waals surface area contributed by atoms with E-state index < -0.39 is 50.5 Å². The molecule has 232 valence electrons. The smallest absolute Gasteiger partial charge is 0.349 e. The van der Waals surface area contributed by atoms with Crippen molar-refractivity contribution in [2.24, 2.45) is 0 Å². The topological polar surface area (TPSA) is 43.4 Å². The predicted molar refractivity (Wildman–Crippen MR) is 151 cm³/mol. The molecule has 0 atom stereocenters. The van der Waals surface area contributed by atoms with Gasteiger partial charge in [-0.1, -0.05) is 91.7 Å². The molecule has 4 aromatic carbocycles. The number of benzene rings is 4. The van der Waals surface area contributed by atoms with Crippen molar-refractivity contribution in [1.29, 1.82) is 0 Å². The minimum absolute atomic E-state index is 0.0535. The largest absolute Gasteiger partial charge is 0.430 e. The summed E-state index contributed by atoms with van der Waals surface area (Å²) in [7, 11) is -4.19. The summed E-state index contributed by atoms with van der Waals surface area (Å²) in [5.41, 5.74) is -4.22. The number of rotatable bonds is 8. The van der Waals surface area contributed by atoms with E-state index >= 15 is 0 Å². The fraction of sp³-hybridized carbons (Fsp3) is 0.273. The van der Waals surface area contributed by atoms with Crippen molar-refractivity contribution in [2.75, 3.05) is 0 Å².